The maximum absolute atomic E-state index is 13.7. The Morgan fingerprint density at radius 3 is 2.08 bits per heavy atom. The van der Waals surface area contributed by atoms with E-state index in [9.17, 15) is 27.7 Å². The Morgan fingerprint density at radius 2 is 1.62 bits per heavy atom. The van der Waals surface area contributed by atoms with Crippen LogP contribution in [0.4, 0.5) is 23.2 Å². The van der Waals surface area contributed by atoms with E-state index in [1.807, 2.05) is 0 Å². The predicted molar refractivity (Wildman–Crippen MR) is 78.2 cm³/mol. The van der Waals surface area contributed by atoms with Crippen molar-refractivity contribution in [3.05, 3.63) is 69.5 Å². The fraction of sp³-hybridized carbons (Fsp3) is 0.250. The van der Waals surface area contributed by atoms with Crippen LogP contribution in [0, 0.1) is 15.9 Å². The molecule has 0 bridgehead atoms. The maximum atomic E-state index is 13.7. The molecule has 0 radical (unpaired) electrons. The lowest BCUT2D eigenvalue weighted by Crippen LogP contribution is -2.26. The van der Waals surface area contributed by atoms with Gasteiger partial charge in [0, 0.05) is 12.1 Å². The minimum absolute atomic E-state index is 0.124. The van der Waals surface area contributed by atoms with E-state index in [1.165, 1.54) is 24.3 Å². The van der Waals surface area contributed by atoms with Crippen molar-refractivity contribution < 1.29 is 27.2 Å². The largest absolute Gasteiger partial charge is 0.483 e. The van der Waals surface area contributed by atoms with Crippen LogP contribution in [0.3, 0.4) is 0 Å². The lowest BCUT2D eigenvalue weighted by atomic mass is 9.96. The first-order valence-electron chi connectivity index (χ1n) is 6.81. The highest BCUT2D eigenvalue weighted by Gasteiger charge is 2.35. The first-order chi connectivity index (χ1) is 11.0. The molecule has 128 valence electrons. The third-order valence-corrected chi connectivity index (χ3v) is 3.39. The quantitative estimate of drug-likeness (QED) is 0.443. The number of nitro benzene ring substituents is 1. The second kappa shape index (κ2) is 6.10. The number of alkyl halides is 3. The summed E-state index contributed by atoms with van der Waals surface area (Å²) in [6.45, 7) is 3.10. The summed E-state index contributed by atoms with van der Waals surface area (Å²) in [7, 11) is 0. The highest BCUT2D eigenvalue weighted by molar-refractivity contribution is 5.37. The molecule has 0 unspecified atom stereocenters. The van der Waals surface area contributed by atoms with Gasteiger partial charge in [0.25, 0.3) is 5.69 Å². The fourth-order valence-corrected chi connectivity index (χ4v) is 2.11. The molecule has 2 rings (SSSR count). The van der Waals surface area contributed by atoms with Gasteiger partial charge in [0.2, 0.25) is 0 Å². The molecule has 0 fully saturated rings. The third-order valence-electron chi connectivity index (χ3n) is 3.39. The number of benzene rings is 2. The summed E-state index contributed by atoms with van der Waals surface area (Å²) in [5.41, 5.74) is -2.41. The van der Waals surface area contributed by atoms with Crippen molar-refractivity contribution in [2.24, 2.45) is 0 Å². The molecule has 0 aromatic heterocycles. The first kappa shape index (κ1) is 17.7. The van der Waals surface area contributed by atoms with E-state index in [-0.39, 0.29) is 17.0 Å². The highest BCUT2D eigenvalue weighted by atomic mass is 19.4. The minimum Gasteiger partial charge on any atom is -0.483 e. The third kappa shape index (κ3) is 3.81. The Hall–Kier alpha value is -2.64. The van der Waals surface area contributed by atoms with Gasteiger partial charge >= 0.3 is 6.18 Å². The molecule has 2 aromatic carbocycles. The van der Waals surface area contributed by atoms with Gasteiger partial charge in [-0.25, -0.2) is 4.39 Å². The zero-order chi connectivity index (χ0) is 18.1. The molecule has 0 amide bonds. The standard InChI is InChI=1S/C16H13F4NO3/c1-15(2,24-12-6-4-11(5-7-12)21(22)23)10-3-8-13(14(17)9-10)16(18,19)20/h3-9H,1-2H3. The lowest BCUT2D eigenvalue weighted by molar-refractivity contribution is -0.384. The zero-order valence-electron chi connectivity index (χ0n) is 12.7. The number of nitrogens with zero attached hydrogens (tertiary/aromatic N) is 1. The lowest BCUT2D eigenvalue weighted by Gasteiger charge is -2.27. The average molecular weight is 343 g/mol. The topological polar surface area (TPSA) is 52.4 Å². The number of non-ortho nitro benzene ring substituents is 1. The maximum Gasteiger partial charge on any atom is 0.419 e. The normalized spacial score (nSPS) is 12.1. The summed E-state index contributed by atoms with van der Waals surface area (Å²) in [5.74, 6) is -1.12. The van der Waals surface area contributed by atoms with E-state index in [0.717, 1.165) is 12.1 Å². The van der Waals surface area contributed by atoms with Crippen molar-refractivity contribution in [1.29, 1.82) is 0 Å². The van der Waals surface area contributed by atoms with Crippen molar-refractivity contribution in [2.45, 2.75) is 25.6 Å². The summed E-state index contributed by atoms with van der Waals surface area (Å²) in [4.78, 5) is 10.0. The zero-order valence-corrected chi connectivity index (χ0v) is 12.7. The van der Waals surface area contributed by atoms with Crippen LogP contribution in [0.15, 0.2) is 42.5 Å². The second-order valence-corrected chi connectivity index (χ2v) is 5.56. The van der Waals surface area contributed by atoms with Crippen molar-refractivity contribution in [3.63, 3.8) is 0 Å². The molecular weight excluding hydrogens is 330 g/mol. The Balaban J connectivity index is 2.26. The monoisotopic (exact) mass is 343 g/mol. The molecule has 24 heavy (non-hydrogen) atoms. The van der Waals surface area contributed by atoms with Gasteiger partial charge in [-0.15, -0.1) is 0 Å². The number of rotatable bonds is 4. The van der Waals surface area contributed by atoms with Crippen molar-refractivity contribution in [1.82, 2.24) is 0 Å². The average Bonchev–Trinajstić information content (AvgIpc) is 2.46. The van der Waals surface area contributed by atoms with Crippen LogP contribution in [0.25, 0.3) is 0 Å². The van der Waals surface area contributed by atoms with E-state index in [0.29, 0.717) is 6.07 Å². The number of ether oxygens (including phenoxy) is 1. The summed E-state index contributed by atoms with van der Waals surface area (Å²) >= 11 is 0. The van der Waals surface area contributed by atoms with Crippen molar-refractivity contribution >= 4 is 5.69 Å². The van der Waals surface area contributed by atoms with E-state index in [1.54, 1.807) is 13.8 Å². The SMILES string of the molecule is CC(C)(Oc1ccc([N+](=O)[O-])cc1)c1ccc(C(F)(F)F)c(F)c1. The van der Waals surface area contributed by atoms with Crippen LogP contribution in [-0.4, -0.2) is 4.92 Å². The van der Waals surface area contributed by atoms with Gasteiger partial charge in [-0.1, -0.05) is 6.07 Å². The van der Waals surface area contributed by atoms with Gasteiger partial charge in [0.1, 0.15) is 17.2 Å². The Kier molecular flexibility index (Phi) is 4.50. The molecule has 0 aliphatic rings. The van der Waals surface area contributed by atoms with Gasteiger partial charge in [-0.3, -0.25) is 10.1 Å². The summed E-state index contributed by atoms with van der Waals surface area (Å²) in [6, 6.07) is 7.76. The number of halogens is 4. The predicted octanol–water partition coefficient (Wildman–Crippen LogP) is 5.07. The Morgan fingerprint density at radius 1 is 1.04 bits per heavy atom. The molecule has 0 saturated heterocycles. The van der Waals surface area contributed by atoms with Crippen LogP contribution in [0.2, 0.25) is 0 Å². The summed E-state index contributed by atoms with van der Waals surface area (Å²) in [6.07, 6.45) is -4.77. The minimum atomic E-state index is -4.77. The molecule has 4 nitrogen and oxygen atoms in total. The van der Waals surface area contributed by atoms with Crippen LogP contribution in [0.5, 0.6) is 5.75 Å². The van der Waals surface area contributed by atoms with Crippen LogP contribution in [-0.2, 0) is 11.8 Å². The van der Waals surface area contributed by atoms with Gasteiger partial charge in [0.15, 0.2) is 0 Å². The van der Waals surface area contributed by atoms with E-state index < -0.39 is 28.1 Å². The smallest absolute Gasteiger partial charge is 0.419 e. The molecule has 0 spiro atoms. The Labute approximate surface area is 134 Å². The first-order valence-corrected chi connectivity index (χ1v) is 6.81. The molecule has 0 aliphatic carbocycles. The van der Waals surface area contributed by atoms with Gasteiger partial charge in [0.05, 0.1) is 10.5 Å². The van der Waals surface area contributed by atoms with Crippen LogP contribution in [0.1, 0.15) is 25.0 Å². The van der Waals surface area contributed by atoms with Crippen LogP contribution < -0.4 is 4.74 Å². The molecule has 0 N–H and O–H groups in total. The van der Waals surface area contributed by atoms with Gasteiger partial charge in [-0.05, 0) is 43.7 Å². The second-order valence-electron chi connectivity index (χ2n) is 5.56. The van der Waals surface area contributed by atoms with E-state index in [4.69, 9.17) is 4.74 Å². The molecule has 0 atom stereocenters. The number of hydrogen-bond acceptors (Lipinski definition) is 3. The van der Waals surface area contributed by atoms with Crippen molar-refractivity contribution in [2.75, 3.05) is 0 Å². The van der Waals surface area contributed by atoms with Gasteiger partial charge < -0.3 is 4.74 Å². The number of hydrogen-bond donors (Lipinski definition) is 0. The molecule has 0 aliphatic heterocycles. The summed E-state index contributed by atoms with van der Waals surface area (Å²) in [5, 5.41) is 10.6. The summed E-state index contributed by atoms with van der Waals surface area (Å²) < 4.78 is 57.1. The van der Waals surface area contributed by atoms with E-state index >= 15 is 0 Å². The molecule has 2 aromatic rings. The molecular formula is C16H13F4NO3. The molecule has 0 saturated carbocycles. The van der Waals surface area contributed by atoms with Crippen molar-refractivity contribution in [3.8, 4) is 5.75 Å². The van der Waals surface area contributed by atoms with Gasteiger partial charge in [-0.2, -0.15) is 13.2 Å². The van der Waals surface area contributed by atoms with E-state index in [2.05, 4.69) is 0 Å². The van der Waals surface area contributed by atoms with Crippen LogP contribution >= 0.6 is 0 Å². The molecule has 8 heteroatoms. The highest BCUT2D eigenvalue weighted by Crippen LogP contribution is 2.35. The molecule has 0 heterocycles. The fourth-order valence-electron chi connectivity index (χ4n) is 2.11. The Bertz CT molecular complexity index is 755. The number of nitro groups is 1.